The van der Waals surface area contributed by atoms with Crippen LogP contribution >= 0.6 is 15.9 Å². The van der Waals surface area contributed by atoms with Gasteiger partial charge in [0.1, 0.15) is 5.75 Å². The molecule has 0 fully saturated rings. The monoisotopic (exact) mass is 315 g/mol. The number of benzene rings is 1. The third-order valence-electron chi connectivity index (χ3n) is 2.26. The second-order valence-electron chi connectivity index (χ2n) is 4.14. The minimum atomic E-state index is -1.16. The molecule has 1 aromatic rings. The van der Waals surface area contributed by atoms with Gasteiger partial charge in [-0.15, -0.1) is 0 Å². The number of rotatable bonds is 4. The van der Waals surface area contributed by atoms with E-state index in [9.17, 15) is 9.59 Å². The van der Waals surface area contributed by atoms with Crippen LogP contribution in [-0.2, 0) is 9.53 Å². The fraction of sp³-hybridized carbons (Fsp3) is 0.333. The molecule has 0 aliphatic carbocycles. The quantitative estimate of drug-likeness (QED) is 0.860. The molecule has 0 saturated heterocycles. The molecule has 0 bridgehead atoms. The minimum absolute atomic E-state index is 0.321. The van der Waals surface area contributed by atoms with E-state index in [0.717, 1.165) is 0 Å². The van der Waals surface area contributed by atoms with Crippen molar-refractivity contribution >= 4 is 27.8 Å². The molecule has 1 aromatic carbocycles. The molecule has 0 radical (unpaired) electrons. The van der Waals surface area contributed by atoms with Gasteiger partial charge in [0.25, 0.3) is 5.91 Å². The molecular formula is C12H14BrNO4. The Morgan fingerprint density at radius 3 is 2.39 bits per heavy atom. The fourth-order valence-corrected chi connectivity index (χ4v) is 1.67. The molecule has 0 atom stereocenters. The van der Waals surface area contributed by atoms with Crippen LogP contribution in [-0.4, -0.2) is 24.6 Å². The van der Waals surface area contributed by atoms with E-state index in [2.05, 4.69) is 20.7 Å². The number of halogens is 1. The first-order valence-electron chi connectivity index (χ1n) is 5.14. The van der Waals surface area contributed by atoms with Crippen LogP contribution in [0.2, 0.25) is 0 Å². The summed E-state index contributed by atoms with van der Waals surface area (Å²) in [6, 6.07) is 4.72. The van der Waals surface area contributed by atoms with Crippen LogP contribution in [0.25, 0.3) is 0 Å². The molecule has 0 spiro atoms. The van der Waals surface area contributed by atoms with Gasteiger partial charge in [0.15, 0.2) is 5.60 Å². The highest BCUT2D eigenvalue weighted by molar-refractivity contribution is 9.10. The van der Waals surface area contributed by atoms with Crippen molar-refractivity contribution in [1.82, 2.24) is 0 Å². The molecule has 0 heterocycles. The molecule has 0 aromatic heterocycles. The summed E-state index contributed by atoms with van der Waals surface area (Å²) in [6.07, 6.45) is 0. The molecule has 1 rings (SSSR count). The van der Waals surface area contributed by atoms with Gasteiger partial charge >= 0.3 is 5.97 Å². The normalized spacial score (nSPS) is 10.9. The van der Waals surface area contributed by atoms with Gasteiger partial charge in [0.2, 0.25) is 0 Å². The van der Waals surface area contributed by atoms with E-state index in [-0.39, 0.29) is 0 Å². The Bertz CT molecular complexity index is 485. The number of carbonyl (C=O) groups is 2. The maximum atomic E-state index is 11.4. The van der Waals surface area contributed by atoms with Crippen molar-refractivity contribution in [3.63, 3.8) is 0 Å². The standard InChI is InChI=1S/C12H14BrNO4/c1-12(2,11(14)16)18-9-5-7(10(15)17-3)4-8(13)6-9/h4-6H,1-3H3,(H2,14,16). The number of ether oxygens (including phenoxy) is 2. The number of methoxy groups -OCH3 is 1. The van der Waals surface area contributed by atoms with Crippen molar-refractivity contribution in [1.29, 1.82) is 0 Å². The highest BCUT2D eigenvalue weighted by atomic mass is 79.9. The average molecular weight is 316 g/mol. The summed E-state index contributed by atoms with van der Waals surface area (Å²) >= 11 is 3.25. The molecular weight excluding hydrogens is 302 g/mol. The van der Waals surface area contributed by atoms with Gasteiger partial charge in [-0.1, -0.05) is 15.9 Å². The lowest BCUT2D eigenvalue weighted by Crippen LogP contribution is -2.43. The number of primary amides is 1. The lowest BCUT2D eigenvalue weighted by atomic mass is 10.1. The molecule has 5 nitrogen and oxygen atoms in total. The van der Waals surface area contributed by atoms with E-state index in [1.54, 1.807) is 26.0 Å². The van der Waals surface area contributed by atoms with Crippen LogP contribution in [0.15, 0.2) is 22.7 Å². The smallest absolute Gasteiger partial charge is 0.338 e. The van der Waals surface area contributed by atoms with Crippen LogP contribution in [0.5, 0.6) is 5.75 Å². The lowest BCUT2D eigenvalue weighted by molar-refractivity contribution is -0.130. The molecule has 0 saturated carbocycles. The SMILES string of the molecule is COC(=O)c1cc(Br)cc(OC(C)(C)C(N)=O)c1. The maximum absolute atomic E-state index is 11.4. The summed E-state index contributed by atoms with van der Waals surface area (Å²) in [6.45, 7) is 3.10. The van der Waals surface area contributed by atoms with Gasteiger partial charge in [0.05, 0.1) is 12.7 Å². The highest BCUT2D eigenvalue weighted by Crippen LogP contribution is 2.25. The Morgan fingerprint density at radius 2 is 1.89 bits per heavy atom. The summed E-state index contributed by atoms with van der Waals surface area (Å²) in [5, 5.41) is 0. The van der Waals surface area contributed by atoms with E-state index in [4.69, 9.17) is 10.5 Å². The van der Waals surface area contributed by atoms with Gasteiger partial charge < -0.3 is 15.2 Å². The van der Waals surface area contributed by atoms with Crippen LogP contribution in [0.3, 0.4) is 0 Å². The lowest BCUT2D eigenvalue weighted by Gasteiger charge is -2.23. The third-order valence-corrected chi connectivity index (χ3v) is 2.72. The molecule has 0 unspecified atom stereocenters. The van der Waals surface area contributed by atoms with Crippen molar-refractivity contribution in [2.75, 3.05) is 7.11 Å². The number of nitrogens with two attached hydrogens (primary N) is 1. The van der Waals surface area contributed by atoms with Gasteiger partial charge in [-0.3, -0.25) is 4.79 Å². The van der Waals surface area contributed by atoms with Gasteiger partial charge in [-0.2, -0.15) is 0 Å². The van der Waals surface area contributed by atoms with E-state index >= 15 is 0 Å². The van der Waals surface area contributed by atoms with E-state index in [0.29, 0.717) is 15.8 Å². The Kier molecular flexibility index (Phi) is 4.34. The largest absolute Gasteiger partial charge is 0.478 e. The van der Waals surface area contributed by atoms with Crippen LogP contribution in [0, 0.1) is 0 Å². The predicted octanol–water partition coefficient (Wildman–Crippen LogP) is 1.88. The maximum Gasteiger partial charge on any atom is 0.338 e. The van der Waals surface area contributed by atoms with Crippen molar-refractivity contribution in [2.45, 2.75) is 19.4 Å². The van der Waals surface area contributed by atoms with Crippen LogP contribution in [0.4, 0.5) is 0 Å². The first-order chi connectivity index (χ1) is 8.26. The third kappa shape index (κ3) is 3.46. The predicted molar refractivity (Wildman–Crippen MR) is 69.4 cm³/mol. The molecule has 1 amide bonds. The first kappa shape index (κ1) is 14.5. The highest BCUT2D eigenvalue weighted by Gasteiger charge is 2.27. The Hall–Kier alpha value is -1.56. The zero-order valence-corrected chi connectivity index (χ0v) is 11.9. The summed E-state index contributed by atoms with van der Waals surface area (Å²) in [7, 11) is 1.29. The Morgan fingerprint density at radius 1 is 1.28 bits per heavy atom. The Labute approximate surface area is 113 Å². The molecule has 0 aliphatic rings. The number of hydrogen-bond donors (Lipinski definition) is 1. The van der Waals surface area contributed by atoms with Gasteiger partial charge in [-0.05, 0) is 32.0 Å². The molecule has 6 heteroatoms. The summed E-state index contributed by atoms with van der Waals surface area (Å²) in [5.41, 5.74) is 4.38. The van der Waals surface area contributed by atoms with Gasteiger partial charge in [0, 0.05) is 4.47 Å². The molecule has 0 aliphatic heterocycles. The first-order valence-corrected chi connectivity index (χ1v) is 5.93. The average Bonchev–Trinajstić information content (AvgIpc) is 2.26. The van der Waals surface area contributed by atoms with Crippen molar-refractivity contribution in [3.8, 4) is 5.75 Å². The van der Waals surface area contributed by atoms with Crippen molar-refractivity contribution in [2.24, 2.45) is 5.73 Å². The van der Waals surface area contributed by atoms with E-state index in [1.165, 1.54) is 13.2 Å². The molecule has 2 N–H and O–H groups in total. The van der Waals surface area contributed by atoms with Crippen LogP contribution < -0.4 is 10.5 Å². The zero-order chi connectivity index (χ0) is 13.9. The van der Waals surface area contributed by atoms with Crippen molar-refractivity contribution in [3.05, 3.63) is 28.2 Å². The minimum Gasteiger partial charge on any atom is -0.478 e. The fourth-order valence-electron chi connectivity index (χ4n) is 1.20. The van der Waals surface area contributed by atoms with Gasteiger partial charge in [-0.25, -0.2) is 4.79 Å². The Balaban J connectivity index is 3.07. The second-order valence-corrected chi connectivity index (χ2v) is 5.06. The second kappa shape index (κ2) is 5.39. The molecule has 98 valence electrons. The number of amides is 1. The summed E-state index contributed by atoms with van der Waals surface area (Å²) in [4.78, 5) is 22.6. The van der Waals surface area contributed by atoms with E-state index in [1.807, 2.05) is 0 Å². The zero-order valence-electron chi connectivity index (χ0n) is 10.3. The number of hydrogen-bond acceptors (Lipinski definition) is 4. The van der Waals surface area contributed by atoms with E-state index < -0.39 is 17.5 Å². The number of carbonyl (C=O) groups excluding carboxylic acids is 2. The summed E-state index contributed by atoms with van der Waals surface area (Å²) < 4.78 is 10.7. The topological polar surface area (TPSA) is 78.6 Å². The van der Waals surface area contributed by atoms with Crippen LogP contribution in [0.1, 0.15) is 24.2 Å². The molecule has 18 heavy (non-hydrogen) atoms. The number of esters is 1. The van der Waals surface area contributed by atoms with Crippen molar-refractivity contribution < 1.29 is 19.1 Å². The summed E-state index contributed by atoms with van der Waals surface area (Å²) in [5.74, 6) is -0.728.